The maximum absolute atomic E-state index is 4.98. The number of rotatable bonds is 4. The van der Waals surface area contributed by atoms with Crippen molar-refractivity contribution in [3.63, 3.8) is 0 Å². The predicted octanol–water partition coefficient (Wildman–Crippen LogP) is 7.10. The smallest absolute Gasteiger partial charge is 0.0737 e. The van der Waals surface area contributed by atoms with Crippen LogP contribution in [0.5, 0.6) is 0 Å². The van der Waals surface area contributed by atoms with Gasteiger partial charge in [-0.15, -0.1) is 0 Å². The molecule has 0 unspecified atom stereocenters. The molecule has 1 N–H and O–H groups in total. The van der Waals surface area contributed by atoms with Crippen molar-refractivity contribution in [1.82, 2.24) is 4.98 Å². The summed E-state index contributed by atoms with van der Waals surface area (Å²) in [4.78, 5) is 8.59. The van der Waals surface area contributed by atoms with E-state index >= 15 is 0 Å². The Balaban J connectivity index is 1.64. The molecule has 0 radical (unpaired) electrons. The Bertz CT molecular complexity index is 1260. The summed E-state index contributed by atoms with van der Waals surface area (Å²) >= 11 is 2.34. The first-order chi connectivity index (χ1) is 14.8. The molecule has 3 aromatic carbocycles. The zero-order chi connectivity index (χ0) is 20.3. The normalized spacial score (nSPS) is 14.6. The summed E-state index contributed by atoms with van der Waals surface area (Å²) < 4.78 is 1.22. The zero-order valence-corrected chi connectivity index (χ0v) is 18.4. The van der Waals surface area contributed by atoms with Crippen molar-refractivity contribution < 1.29 is 0 Å². The Morgan fingerprint density at radius 2 is 1.33 bits per heavy atom. The molecule has 1 aromatic heterocycles. The molecule has 144 valence electrons. The number of benzene rings is 3. The molecule has 0 fully saturated rings. The van der Waals surface area contributed by atoms with Gasteiger partial charge in [0.15, 0.2) is 0 Å². The number of hydrogen-bond acceptors (Lipinski definition) is 1. The van der Waals surface area contributed by atoms with Gasteiger partial charge in [0.05, 0.1) is 11.4 Å². The van der Waals surface area contributed by atoms with Crippen molar-refractivity contribution in [2.75, 3.05) is 0 Å². The summed E-state index contributed by atoms with van der Waals surface area (Å²) in [6, 6.07) is 33.6. The van der Waals surface area contributed by atoms with Crippen LogP contribution in [0.1, 0.15) is 16.8 Å². The monoisotopic (exact) mass is 498 g/mol. The average Bonchev–Trinajstić information content (AvgIpc) is 3.47. The van der Waals surface area contributed by atoms with Crippen LogP contribution in [0.2, 0.25) is 0 Å². The topological polar surface area (TPSA) is 28.1 Å². The molecule has 0 bridgehead atoms. The number of hydrogen-bond donors (Lipinski definition) is 1. The van der Waals surface area contributed by atoms with Crippen molar-refractivity contribution in [2.45, 2.75) is 0 Å². The molecule has 0 aliphatic carbocycles. The van der Waals surface area contributed by atoms with Crippen molar-refractivity contribution in [3.05, 3.63) is 135 Å². The summed E-state index contributed by atoms with van der Waals surface area (Å²) in [5.41, 5.74) is 8.68. The predicted molar refractivity (Wildman–Crippen MR) is 134 cm³/mol. The first-order valence-electron chi connectivity index (χ1n) is 9.85. The number of allylic oxidation sites excluding steroid dienone is 2. The number of aromatic amines is 1. The minimum atomic E-state index is 0.969. The van der Waals surface area contributed by atoms with Crippen LogP contribution < -0.4 is 0 Å². The van der Waals surface area contributed by atoms with Gasteiger partial charge >= 0.3 is 0 Å². The number of aliphatic imine (C=N–C) groups is 1. The van der Waals surface area contributed by atoms with Crippen molar-refractivity contribution >= 4 is 33.9 Å². The molecule has 2 heterocycles. The fraction of sp³-hybridized carbons (Fsp3) is 0. The number of nitrogens with zero attached hydrogens (tertiary/aromatic N) is 1. The van der Waals surface area contributed by atoms with Gasteiger partial charge in [-0.3, -0.25) is 0 Å². The van der Waals surface area contributed by atoms with Crippen LogP contribution in [-0.4, -0.2) is 10.7 Å². The van der Waals surface area contributed by atoms with Gasteiger partial charge < -0.3 is 4.98 Å². The third-order valence-corrected chi connectivity index (χ3v) is 5.86. The standard InChI is InChI=1S/C27H19IN2/c28-22-13-11-21(12-14-22)27(25-17-15-23(29-25)19-7-3-1-4-8-19)26-18-16-24(30-26)20-9-5-2-6-10-20/h1-18,29H/b27-26-. The highest BCUT2D eigenvalue weighted by molar-refractivity contribution is 14.1. The van der Waals surface area contributed by atoms with Gasteiger partial charge in [0.25, 0.3) is 0 Å². The molecule has 0 atom stereocenters. The van der Waals surface area contributed by atoms with Crippen molar-refractivity contribution in [1.29, 1.82) is 0 Å². The van der Waals surface area contributed by atoms with E-state index in [1.807, 2.05) is 24.3 Å². The van der Waals surface area contributed by atoms with E-state index in [0.717, 1.165) is 39.5 Å². The molecule has 0 amide bonds. The van der Waals surface area contributed by atoms with Crippen molar-refractivity contribution in [3.8, 4) is 11.3 Å². The molecular formula is C27H19IN2. The Morgan fingerprint density at radius 3 is 2.03 bits per heavy atom. The fourth-order valence-corrected chi connectivity index (χ4v) is 4.02. The second-order valence-electron chi connectivity index (χ2n) is 7.12. The van der Waals surface area contributed by atoms with E-state index in [0.29, 0.717) is 0 Å². The number of halogens is 1. The van der Waals surface area contributed by atoms with E-state index in [-0.39, 0.29) is 0 Å². The van der Waals surface area contributed by atoms with Crippen LogP contribution in [0.4, 0.5) is 0 Å². The third-order valence-electron chi connectivity index (χ3n) is 5.14. The molecule has 1 aliphatic heterocycles. The van der Waals surface area contributed by atoms with Crippen LogP contribution >= 0.6 is 22.6 Å². The summed E-state index contributed by atoms with van der Waals surface area (Å²) in [6.07, 6.45) is 4.21. The molecule has 2 nitrogen and oxygen atoms in total. The average molecular weight is 498 g/mol. The maximum atomic E-state index is 4.98. The molecular weight excluding hydrogens is 479 g/mol. The lowest BCUT2D eigenvalue weighted by molar-refractivity contribution is 1.31. The Labute approximate surface area is 189 Å². The summed E-state index contributed by atoms with van der Waals surface area (Å²) in [6.45, 7) is 0. The van der Waals surface area contributed by atoms with E-state index in [1.165, 1.54) is 9.13 Å². The van der Waals surface area contributed by atoms with Crippen LogP contribution in [0, 0.1) is 3.57 Å². The lowest BCUT2D eigenvalue weighted by atomic mass is 10.0. The first kappa shape index (κ1) is 18.8. The molecule has 4 aromatic rings. The van der Waals surface area contributed by atoms with E-state index in [9.17, 15) is 0 Å². The van der Waals surface area contributed by atoms with Gasteiger partial charge in [0.1, 0.15) is 0 Å². The van der Waals surface area contributed by atoms with Gasteiger partial charge in [-0.2, -0.15) is 0 Å². The van der Waals surface area contributed by atoms with Gasteiger partial charge in [-0.1, -0.05) is 72.8 Å². The second-order valence-corrected chi connectivity index (χ2v) is 8.36. The first-order valence-corrected chi connectivity index (χ1v) is 10.9. The molecule has 0 saturated carbocycles. The molecule has 30 heavy (non-hydrogen) atoms. The zero-order valence-electron chi connectivity index (χ0n) is 16.2. The lowest BCUT2D eigenvalue weighted by Gasteiger charge is -2.09. The Kier molecular flexibility index (Phi) is 5.20. The highest BCUT2D eigenvalue weighted by atomic mass is 127. The highest BCUT2D eigenvalue weighted by Crippen LogP contribution is 2.32. The van der Waals surface area contributed by atoms with Gasteiger partial charge in [-0.25, -0.2) is 4.99 Å². The highest BCUT2D eigenvalue weighted by Gasteiger charge is 2.17. The Morgan fingerprint density at radius 1 is 0.667 bits per heavy atom. The van der Waals surface area contributed by atoms with E-state index < -0.39 is 0 Å². The molecule has 5 rings (SSSR count). The fourth-order valence-electron chi connectivity index (χ4n) is 3.66. The second kappa shape index (κ2) is 8.28. The minimum absolute atomic E-state index is 0.969. The van der Waals surface area contributed by atoms with Crippen LogP contribution in [0.15, 0.2) is 120 Å². The third kappa shape index (κ3) is 3.81. The number of nitrogens with one attached hydrogen (secondary N) is 1. The Hall–Kier alpha value is -3.18. The van der Waals surface area contributed by atoms with E-state index in [4.69, 9.17) is 4.99 Å². The number of aromatic nitrogens is 1. The van der Waals surface area contributed by atoms with Gasteiger partial charge in [0, 0.05) is 26.1 Å². The lowest BCUT2D eigenvalue weighted by Crippen LogP contribution is -1.94. The summed E-state index contributed by atoms with van der Waals surface area (Å²) in [5, 5.41) is 0. The molecule has 1 aliphatic rings. The summed E-state index contributed by atoms with van der Waals surface area (Å²) in [7, 11) is 0. The van der Waals surface area contributed by atoms with Crippen LogP contribution in [0.25, 0.3) is 16.8 Å². The van der Waals surface area contributed by atoms with Gasteiger partial charge in [0.2, 0.25) is 0 Å². The number of H-pyrrole nitrogens is 1. The largest absolute Gasteiger partial charge is 0.354 e. The van der Waals surface area contributed by atoms with Gasteiger partial charge in [-0.05, 0) is 70.1 Å². The maximum Gasteiger partial charge on any atom is 0.0737 e. The minimum Gasteiger partial charge on any atom is -0.354 e. The molecule has 3 heteroatoms. The molecule has 0 saturated heterocycles. The molecule has 0 spiro atoms. The quantitative estimate of drug-likeness (QED) is 0.291. The SMILES string of the molecule is Ic1ccc(/C(=C2\C=CC(c3ccccc3)=N2)c2ccc(-c3ccccc3)[nH]2)cc1. The van der Waals surface area contributed by atoms with E-state index in [2.05, 4.69) is 113 Å². The summed E-state index contributed by atoms with van der Waals surface area (Å²) in [5.74, 6) is 0. The van der Waals surface area contributed by atoms with Crippen molar-refractivity contribution in [2.24, 2.45) is 4.99 Å². The van der Waals surface area contributed by atoms with Crippen LogP contribution in [-0.2, 0) is 0 Å². The van der Waals surface area contributed by atoms with E-state index in [1.54, 1.807) is 0 Å². The van der Waals surface area contributed by atoms with Crippen LogP contribution in [0.3, 0.4) is 0 Å².